The highest BCUT2D eigenvalue weighted by atomic mass is 35.5. The zero-order valence-corrected chi connectivity index (χ0v) is 11.3. The van der Waals surface area contributed by atoms with Gasteiger partial charge in [0.25, 0.3) is 0 Å². The molecule has 2 N–H and O–H groups in total. The Balaban J connectivity index is 2.11. The molecule has 0 saturated heterocycles. The summed E-state index contributed by atoms with van der Waals surface area (Å²) in [6.45, 7) is 0. The van der Waals surface area contributed by atoms with Gasteiger partial charge in [-0.2, -0.15) is 0 Å². The number of carboxylic acid groups (broad SMARTS) is 1. The predicted octanol–water partition coefficient (Wildman–Crippen LogP) is 3.57. The maximum absolute atomic E-state index is 13.3. The van der Waals surface area contributed by atoms with Gasteiger partial charge in [-0.3, -0.25) is 4.40 Å². The molecule has 5 nitrogen and oxygen atoms in total. The number of pyridine rings is 1. The van der Waals surface area contributed by atoms with Crippen molar-refractivity contribution in [3.63, 3.8) is 0 Å². The number of rotatable bonds is 3. The van der Waals surface area contributed by atoms with Crippen LogP contribution < -0.4 is 5.32 Å². The molecule has 0 atom stereocenters. The molecule has 2 heterocycles. The molecule has 0 unspecified atom stereocenters. The van der Waals surface area contributed by atoms with Crippen molar-refractivity contribution < 1.29 is 14.3 Å². The first-order valence-corrected chi connectivity index (χ1v) is 6.36. The Kier molecular flexibility index (Phi) is 3.23. The van der Waals surface area contributed by atoms with Gasteiger partial charge >= 0.3 is 5.97 Å². The summed E-state index contributed by atoms with van der Waals surface area (Å²) in [6, 6.07) is 8.98. The van der Waals surface area contributed by atoms with E-state index in [1.54, 1.807) is 24.4 Å². The third kappa shape index (κ3) is 2.53. The van der Waals surface area contributed by atoms with E-state index in [1.165, 1.54) is 16.5 Å². The second-order valence-corrected chi connectivity index (χ2v) is 4.76. The van der Waals surface area contributed by atoms with Crippen LogP contribution in [0.3, 0.4) is 0 Å². The lowest BCUT2D eigenvalue weighted by molar-refractivity contribution is 0.0690. The normalized spacial score (nSPS) is 10.8. The van der Waals surface area contributed by atoms with Gasteiger partial charge in [0, 0.05) is 16.9 Å². The SMILES string of the molecule is O=C(O)c1c(Nc2cc(F)cc(Cl)c2)nc2ccccn12. The molecule has 0 spiro atoms. The van der Waals surface area contributed by atoms with Crippen LogP contribution in [0.2, 0.25) is 5.02 Å². The fourth-order valence-corrected chi connectivity index (χ4v) is 2.27. The molecule has 106 valence electrons. The Labute approximate surface area is 123 Å². The van der Waals surface area contributed by atoms with E-state index in [0.29, 0.717) is 11.3 Å². The van der Waals surface area contributed by atoms with Crippen molar-refractivity contribution in [3.8, 4) is 0 Å². The average Bonchev–Trinajstić information content (AvgIpc) is 2.75. The molecule has 0 aliphatic carbocycles. The van der Waals surface area contributed by atoms with Crippen LogP contribution in [0.4, 0.5) is 15.9 Å². The highest BCUT2D eigenvalue weighted by Crippen LogP contribution is 2.25. The monoisotopic (exact) mass is 305 g/mol. The number of fused-ring (bicyclic) bond motifs is 1. The topological polar surface area (TPSA) is 66.6 Å². The third-order valence-electron chi connectivity index (χ3n) is 2.86. The van der Waals surface area contributed by atoms with E-state index in [2.05, 4.69) is 10.3 Å². The molecule has 21 heavy (non-hydrogen) atoms. The van der Waals surface area contributed by atoms with Gasteiger partial charge in [-0.05, 0) is 30.3 Å². The molecule has 2 aromatic heterocycles. The van der Waals surface area contributed by atoms with Crippen LogP contribution >= 0.6 is 11.6 Å². The van der Waals surface area contributed by atoms with E-state index in [9.17, 15) is 14.3 Å². The van der Waals surface area contributed by atoms with Crippen molar-refractivity contribution in [1.29, 1.82) is 0 Å². The lowest BCUT2D eigenvalue weighted by atomic mass is 10.3. The van der Waals surface area contributed by atoms with Crippen molar-refractivity contribution >= 4 is 34.7 Å². The van der Waals surface area contributed by atoms with Gasteiger partial charge < -0.3 is 10.4 Å². The molecule has 0 amide bonds. The zero-order valence-electron chi connectivity index (χ0n) is 10.5. The lowest BCUT2D eigenvalue weighted by Gasteiger charge is -2.05. The number of carboxylic acids is 1. The van der Waals surface area contributed by atoms with Crippen LogP contribution in [0.25, 0.3) is 5.65 Å². The largest absolute Gasteiger partial charge is 0.476 e. The third-order valence-corrected chi connectivity index (χ3v) is 3.08. The number of anilines is 2. The summed E-state index contributed by atoms with van der Waals surface area (Å²) in [4.78, 5) is 15.6. The summed E-state index contributed by atoms with van der Waals surface area (Å²) in [7, 11) is 0. The Hall–Kier alpha value is -2.60. The molecule has 3 aromatic rings. The van der Waals surface area contributed by atoms with Gasteiger partial charge in [0.05, 0.1) is 0 Å². The number of aromatic nitrogens is 2. The number of halogens is 2. The van der Waals surface area contributed by atoms with Gasteiger partial charge in [0.2, 0.25) is 0 Å². The molecular weight excluding hydrogens is 297 g/mol. The highest BCUT2D eigenvalue weighted by molar-refractivity contribution is 6.30. The first kappa shape index (κ1) is 13.4. The summed E-state index contributed by atoms with van der Waals surface area (Å²) in [5, 5.41) is 12.3. The Morgan fingerprint density at radius 2 is 2.14 bits per heavy atom. The summed E-state index contributed by atoms with van der Waals surface area (Å²) < 4.78 is 14.8. The lowest BCUT2D eigenvalue weighted by Crippen LogP contribution is -2.05. The molecule has 0 saturated carbocycles. The maximum atomic E-state index is 13.3. The molecule has 3 rings (SSSR count). The maximum Gasteiger partial charge on any atom is 0.356 e. The number of aromatic carboxylic acids is 1. The first-order valence-electron chi connectivity index (χ1n) is 5.98. The van der Waals surface area contributed by atoms with Gasteiger partial charge in [-0.15, -0.1) is 0 Å². The minimum atomic E-state index is -1.14. The molecule has 0 fully saturated rings. The number of nitrogens with one attached hydrogen (secondary N) is 1. The second-order valence-electron chi connectivity index (χ2n) is 4.33. The smallest absolute Gasteiger partial charge is 0.356 e. The quantitative estimate of drug-likeness (QED) is 0.776. The summed E-state index contributed by atoms with van der Waals surface area (Å²) in [5.74, 6) is -1.54. The zero-order chi connectivity index (χ0) is 15.0. The molecular formula is C14H9ClFN3O2. The molecule has 0 aliphatic rings. The van der Waals surface area contributed by atoms with Crippen molar-refractivity contribution in [2.24, 2.45) is 0 Å². The van der Waals surface area contributed by atoms with E-state index in [0.717, 1.165) is 6.07 Å². The molecule has 7 heteroatoms. The molecule has 0 radical (unpaired) electrons. The van der Waals surface area contributed by atoms with Gasteiger partial charge in [0.15, 0.2) is 11.5 Å². The minimum absolute atomic E-state index is 0.0361. The number of imidazole rings is 1. The second kappa shape index (κ2) is 5.06. The van der Waals surface area contributed by atoms with Crippen molar-refractivity contribution in [2.45, 2.75) is 0 Å². The Morgan fingerprint density at radius 1 is 1.33 bits per heavy atom. The van der Waals surface area contributed by atoms with Gasteiger partial charge in [0.1, 0.15) is 11.5 Å². The van der Waals surface area contributed by atoms with Crippen LogP contribution in [-0.2, 0) is 0 Å². The van der Waals surface area contributed by atoms with Crippen molar-refractivity contribution in [2.75, 3.05) is 5.32 Å². The molecule has 0 bridgehead atoms. The predicted molar refractivity (Wildman–Crippen MR) is 76.8 cm³/mol. The van der Waals surface area contributed by atoms with E-state index < -0.39 is 11.8 Å². The van der Waals surface area contributed by atoms with E-state index in [-0.39, 0.29) is 16.5 Å². The first-order chi connectivity index (χ1) is 10.0. The molecule has 0 aliphatic heterocycles. The van der Waals surface area contributed by atoms with E-state index >= 15 is 0 Å². The average molecular weight is 306 g/mol. The van der Waals surface area contributed by atoms with Crippen LogP contribution in [-0.4, -0.2) is 20.5 Å². The fourth-order valence-electron chi connectivity index (χ4n) is 2.05. The van der Waals surface area contributed by atoms with Crippen LogP contribution in [0, 0.1) is 5.82 Å². The number of hydrogen-bond donors (Lipinski definition) is 2. The van der Waals surface area contributed by atoms with E-state index in [1.807, 2.05) is 0 Å². The number of benzene rings is 1. The number of carbonyl (C=O) groups is 1. The van der Waals surface area contributed by atoms with Crippen LogP contribution in [0.1, 0.15) is 10.5 Å². The molecule has 1 aromatic carbocycles. The summed E-state index contributed by atoms with van der Waals surface area (Å²) in [5.41, 5.74) is 0.761. The van der Waals surface area contributed by atoms with Crippen molar-refractivity contribution in [3.05, 3.63) is 59.1 Å². The van der Waals surface area contributed by atoms with Gasteiger partial charge in [-0.25, -0.2) is 14.2 Å². The number of hydrogen-bond acceptors (Lipinski definition) is 3. The highest BCUT2D eigenvalue weighted by Gasteiger charge is 2.18. The fraction of sp³-hybridized carbons (Fsp3) is 0. The number of nitrogens with zero attached hydrogens (tertiary/aromatic N) is 2. The summed E-state index contributed by atoms with van der Waals surface area (Å²) >= 11 is 5.78. The summed E-state index contributed by atoms with van der Waals surface area (Å²) in [6.07, 6.45) is 1.59. The van der Waals surface area contributed by atoms with Crippen LogP contribution in [0.5, 0.6) is 0 Å². The minimum Gasteiger partial charge on any atom is -0.476 e. The van der Waals surface area contributed by atoms with Crippen molar-refractivity contribution in [1.82, 2.24) is 9.38 Å². The van der Waals surface area contributed by atoms with Gasteiger partial charge in [-0.1, -0.05) is 17.7 Å². The van der Waals surface area contributed by atoms with Crippen LogP contribution in [0.15, 0.2) is 42.6 Å². The van der Waals surface area contributed by atoms with E-state index in [4.69, 9.17) is 11.6 Å². The Bertz CT molecular complexity index is 827. The standard InChI is InChI=1S/C14H9ClFN3O2/c15-8-5-9(16)7-10(6-8)17-13-12(14(20)21)19-4-2-1-3-11(19)18-13/h1-7,17H,(H,20,21). The Morgan fingerprint density at radius 3 is 2.86 bits per heavy atom.